The second-order valence-electron chi connectivity index (χ2n) is 4.19. The molecule has 0 aliphatic carbocycles. The van der Waals surface area contributed by atoms with Gasteiger partial charge in [-0.2, -0.15) is 8.42 Å². The van der Waals surface area contributed by atoms with Crippen molar-refractivity contribution in [3.8, 4) is 0 Å². The molecular weight excluding hydrogens is 408 g/mol. The third-order valence-corrected chi connectivity index (χ3v) is 5.01. The molecule has 102 valence electrons. The standard InChI is InChI=1S/C13H8Br2N2O2S/c14-8-5-9(15)7-10(6-8)16-13-11-3-1-2-4-12(11)20(18,19)17-13/h1-7H,(H,16,17). The number of halogens is 2. The van der Waals surface area contributed by atoms with E-state index in [0.29, 0.717) is 11.4 Å². The monoisotopic (exact) mass is 414 g/mol. The van der Waals surface area contributed by atoms with Crippen LogP contribution in [0.3, 0.4) is 0 Å². The highest BCUT2D eigenvalue weighted by Gasteiger charge is 2.28. The molecule has 0 aromatic heterocycles. The molecule has 20 heavy (non-hydrogen) atoms. The van der Waals surface area contributed by atoms with Crippen molar-refractivity contribution < 1.29 is 8.42 Å². The van der Waals surface area contributed by atoms with Gasteiger partial charge in [-0.25, -0.2) is 0 Å². The molecule has 3 rings (SSSR count). The van der Waals surface area contributed by atoms with Gasteiger partial charge in [-0.05, 0) is 30.3 Å². The lowest BCUT2D eigenvalue weighted by atomic mass is 10.2. The number of rotatable bonds is 1. The van der Waals surface area contributed by atoms with E-state index in [4.69, 9.17) is 0 Å². The molecule has 2 aromatic carbocycles. The summed E-state index contributed by atoms with van der Waals surface area (Å²) in [6, 6.07) is 12.4. The first-order valence-electron chi connectivity index (χ1n) is 5.63. The zero-order chi connectivity index (χ0) is 14.3. The largest absolute Gasteiger partial charge is 0.339 e. The van der Waals surface area contributed by atoms with Gasteiger partial charge in [0.25, 0.3) is 10.0 Å². The second kappa shape index (κ2) is 4.98. The predicted octanol–water partition coefficient (Wildman–Crippen LogP) is 3.77. The Labute approximate surface area is 133 Å². The van der Waals surface area contributed by atoms with Gasteiger partial charge in [-0.1, -0.05) is 44.0 Å². The van der Waals surface area contributed by atoms with Crippen LogP contribution in [0.2, 0.25) is 0 Å². The molecule has 2 aromatic rings. The molecule has 1 aliphatic rings. The van der Waals surface area contributed by atoms with Crippen LogP contribution in [0.15, 0.2) is 60.7 Å². The van der Waals surface area contributed by atoms with E-state index in [-0.39, 0.29) is 4.90 Å². The normalized spacial score (nSPS) is 15.6. The van der Waals surface area contributed by atoms with Gasteiger partial charge in [-0.15, -0.1) is 4.40 Å². The summed E-state index contributed by atoms with van der Waals surface area (Å²) in [5, 5.41) is 3.05. The van der Waals surface area contributed by atoms with Gasteiger partial charge >= 0.3 is 0 Å². The van der Waals surface area contributed by atoms with Crippen LogP contribution in [-0.2, 0) is 10.0 Å². The van der Waals surface area contributed by atoms with Crippen molar-refractivity contribution in [2.24, 2.45) is 4.40 Å². The van der Waals surface area contributed by atoms with Crippen molar-refractivity contribution >= 4 is 53.4 Å². The zero-order valence-electron chi connectivity index (χ0n) is 9.97. The number of benzene rings is 2. The summed E-state index contributed by atoms with van der Waals surface area (Å²) >= 11 is 6.78. The first-order valence-corrected chi connectivity index (χ1v) is 8.66. The average molecular weight is 416 g/mol. The van der Waals surface area contributed by atoms with E-state index >= 15 is 0 Å². The Balaban J connectivity index is 2.04. The molecule has 0 spiro atoms. The number of nitrogens with one attached hydrogen (secondary N) is 1. The van der Waals surface area contributed by atoms with Crippen LogP contribution in [0, 0.1) is 0 Å². The predicted molar refractivity (Wildman–Crippen MR) is 85.6 cm³/mol. The molecule has 0 saturated carbocycles. The van der Waals surface area contributed by atoms with Gasteiger partial charge in [0.05, 0.1) is 0 Å². The van der Waals surface area contributed by atoms with Crippen LogP contribution in [0.4, 0.5) is 5.69 Å². The Bertz CT molecular complexity index is 812. The Hall–Kier alpha value is -1.18. The summed E-state index contributed by atoms with van der Waals surface area (Å²) < 4.78 is 29.4. The Kier molecular flexibility index (Phi) is 3.43. The van der Waals surface area contributed by atoms with Gasteiger partial charge in [0.15, 0.2) is 5.84 Å². The summed E-state index contributed by atoms with van der Waals surface area (Å²) in [6.45, 7) is 0. The van der Waals surface area contributed by atoms with E-state index in [1.807, 2.05) is 18.2 Å². The lowest BCUT2D eigenvalue weighted by molar-refractivity contribution is 0.599. The molecule has 0 saturated heterocycles. The SMILES string of the molecule is O=S1(=O)N=C(Nc2cc(Br)cc(Br)c2)c2ccccc21. The van der Waals surface area contributed by atoms with E-state index in [9.17, 15) is 8.42 Å². The smallest absolute Gasteiger partial charge is 0.285 e. The Morgan fingerprint density at radius 2 is 1.65 bits per heavy atom. The number of nitrogens with zero attached hydrogens (tertiary/aromatic N) is 1. The van der Waals surface area contributed by atoms with Gasteiger partial charge in [0, 0.05) is 20.2 Å². The van der Waals surface area contributed by atoms with Gasteiger partial charge in [-0.3, -0.25) is 0 Å². The third kappa shape index (κ3) is 2.53. The van der Waals surface area contributed by atoms with Crippen molar-refractivity contribution in [2.45, 2.75) is 4.90 Å². The molecule has 0 fully saturated rings. The molecule has 1 heterocycles. The van der Waals surface area contributed by atoms with Crippen molar-refractivity contribution in [1.29, 1.82) is 0 Å². The fourth-order valence-corrected chi connectivity index (χ4v) is 4.43. The van der Waals surface area contributed by atoms with E-state index in [0.717, 1.165) is 14.6 Å². The molecule has 0 amide bonds. The van der Waals surface area contributed by atoms with E-state index in [1.54, 1.807) is 24.3 Å². The highest BCUT2D eigenvalue weighted by molar-refractivity contribution is 9.11. The third-order valence-electron chi connectivity index (χ3n) is 2.76. The maximum absolute atomic E-state index is 11.9. The molecule has 4 nitrogen and oxygen atoms in total. The maximum atomic E-state index is 11.9. The summed E-state index contributed by atoms with van der Waals surface area (Å²) in [4.78, 5) is 0.233. The molecule has 1 N–H and O–H groups in total. The number of fused-ring (bicyclic) bond motifs is 1. The van der Waals surface area contributed by atoms with Crippen LogP contribution in [0.1, 0.15) is 5.56 Å². The van der Waals surface area contributed by atoms with E-state index in [2.05, 4.69) is 41.6 Å². The zero-order valence-corrected chi connectivity index (χ0v) is 14.0. The van der Waals surface area contributed by atoms with Crippen LogP contribution in [0.5, 0.6) is 0 Å². The highest BCUT2D eigenvalue weighted by atomic mass is 79.9. The lowest BCUT2D eigenvalue weighted by Gasteiger charge is -2.07. The lowest BCUT2D eigenvalue weighted by Crippen LogP contribution is -2.11. The van der Waals surface area contributed by atoms with Gasteiger partial charge in [0.2, 0.25) is 0 Å². The Morgan fingerprint density at radius 3 is 2.35 bits per heavy atom. The Morgan fingerprint density at radius 1 is 1.00 bits per heavy atom. The topological polar surface area (TPSA) is 58.5 Å². The summed E-state index contributed by atoms with van der Waals surface area (Å²) in [5.41, 5.74) is 1.33. The molecule has 7 heteroatoms. The van der Waals surface area contributed by atoms with Crippen LogP contribution >= 0.6 is 31.9 Å². The molecule has 0 bridgehead atoms. The molecular formula is C13H8Br2N2O2S. The molecule has 0 atom stereocenters. The maximum Gasteiger partial charge on any atom is 0.285 e. The number of hydrogen-bond acceptors (Lipinski definition) is 3. The van der Waals surface area contributed by atoms with Crippen LogP contribution in [-0.4, -0.2) is 14.3 Å². The number of amidine groups is 1. The van der Waals surface area contributed by atoms with E-state index < -0.39 is 10.0 Å². The summed E-state index contributed by atoms with van der Waals surface area (Å²) in [7, 11) is -3.59. The highest BCUT2D eigenvalue weighted by Crippen LogP contribution is 2.28. The molecule has 0 radical (unpaired) electrons. The van der Waals surface area contributed by atoms with Gasteiger partial charge < -0.3 is 5.32 Å². The molecule has 0 unspecified atom stereocenters. The average Bonchev–Trinajstić information content (AvgIpc) is 2.60. The van der Waals surface area contributed by atoms with E-state index in [1.165, 1.54) is 0 Å². The minimum Gasteiger partial charge on any atom is -0.339 e. The first-order chi connectivity index (χ1) is 9.45. The van der Waals surface area contributed by atoms with Crippen molar-refractivity contribution in [2.75, 3.05) is 5.32 Å². The first kappa shape index (κ1) is 13.8. The minimum atomic E-state index is -3.59. The number of hydrogen-bond donors (Lipinski definition) is 1. The van der Waals surface area contributed by atoms with Crippen molar-refractivity contribution in [3.63, 3.8) is 0 Å². The fraction of sp³-hybridized carbons (Fsp3) is 0. The summed E-state index contributed by atoms with van der Waals surface area (Å²) in [5.74, 6) is 0.339. The van der Waals surface area contributed by atoms with Crippen molar-refractivity contribution in [1.82, 2.24) is 0 Å². The quantitative estimate of drug-likeness (QED) is 0.771. The summed E-state index contributed by atoms with van der Waals surface area (Å²) in [6.07, 6.45) is 0. The fourth-order valence-electron chi connectivity index (χ4n) is 1.96. The van der Waals surface area contributed by atoms with Crippen LogP contribution < -0.4 is 5.32 Å². The minimum absolute atomic E-state index is 0.233. The second-order valence-corrected chi connectivity index (χ2v) is 7.60. The van der Waals surface area contributed by atoms with Crippen LogP contribution in [0.25, 0.3) is 0 Å². The van der Waals surface area contributed by atoms with Gasteiger partial charge in [0.1, 0.15) is 4.90 Å². The van der Waals surface area contributed by atoms with Crippen molar-refractivity contribution in [3.05, 3.63) is 57.0 Å². The number of anilines is 1. The molecule has 1 aliphatic heterocycles. The number of sulfonamides is 1.